The summed E-state index contributed by atoms with van der Waals surface area (Å²) in [7, 11) is 0. The summed E-state index contributed by atoms with van der Waals surface area (Å²) in [4.78, 5) is 5.25. The number of piperazine rings is 1. The highest BCUT2D eigenvalue weighted by Crippen LogP contribution is 2.12. The largest absolute Gasteiger partial charge is 0.301 e. The molecule has 1 aromatic rings. The van der Waals surface area contributed by atoms with Crippen molar-refractivity contribution in [1.82, 2.24) is 9.80 Å². The Labute approximate surface area is 137 Å². The lowest BCUT2D eigenvalue weighted by atomic mass is 10.0. The van der Waals surface area contributed by atoms with Crippen LogP contribution < -0.4 is 0 Å². The van der Waals surface area contributed by atoms with E-state index in [1.54, 1.807) is 0 Å². The Morgan fingerprint density at radius 1 is 0.818 bits per heavy atom. The number of unbranched alkanes of at least 4 members (excludes halogenated alkanes) is 3. The minimum Gasteiger partial charge on any atom is -0.301 e. The first-order valence-electron chi connectivity index (χ1n) is 9.22. The van der Waals surface area contributed by atoms with E-state index in [-0.39, 0.29) is 0 Å². The second-order valence-electron chi connectivity index (χ2n) is 7.20. The molecule has 2 rings (SSSR count). The number of nitrogens with zero attached hydrogens (tertiary/aromatic N) is 2. The molecule has 0 amide bonds. The summed E-state index contributed by atoms with van der Waals surface area (Å²) in [5, 5.41) is 0. The summed E-state index contributed by atoms with van der Waals surface area (Å²) < 4.78 is 0. The van der Waals surface area contributed by atoms with Crippen LogP contribution in [-0.4, -0.2) is 42.5 Å². The Balaban J connectivity index is 1.52. The maximum Gasteiger partial charge on any atom is 0.0234 e. The van der Waals surface area contributed by atoms with E-state index < -0.39 is 0 Å². The Morgan fingerprint density at radius 3 is 2.14 bits per heavy atom. The molecule has 124 valence electrons. The molecule has 1 aliphatic rings. The van der Waals surface area contributed by atoms with Crippen LogP contribution in [0.4, 0.5) is 0 Å². The lowest BCUT2D eigenvalue weighted by molar-refractivity contribution is 0.125. The third-order valence-electron chi connectivity index (χ3n) is 4.72. The van der Waals surface area contributed by atoms with Gasteiger partial charge in [0.1, 0.15) is 0 Å². The summed E-state index contributed by atoms with van der Waals surface area (Å²) in [6.07, 6.45) is 7.04. The lowest BCUT2D eigenvalue weighted by Crippen LogP contribution is -2.46. The molecule has 1 aliphatic heterocycles. The van der Waals surface area contributed by atoms with Crippen LogP contribution in [0.3, 0.4) is 0 Å². The van der Waals surface area contributed by atoms with Crippen LogP contribution in [0.1, 0.15) is 51.5 Å². The first-order chi connectivity index (χ1) is 10.7. The molecule has 0 N–H and O–H groups in total. The van der Waals surface area contributed by atoms with E-state index in [0.29, 0.717) is 0 Å². The molecule has 0 saturated carbocycles. The molecular weight excluding hydrogens is 268 g/mol. The predicted molar refractivity (Wildman–Crippen MR) is 96.1 cm³/mol. The van der Waals surface area contributed by atoms with Gasteiger partial charge in [0.15, 0.2) is 0 Å². The van der Waals surface area contributed by atoms with Crippen molar-refractivity contribution >= 4 is 0 Å². The number of rotatable bonds is 9. The monoisotopic (exact) mass is 302 g/mol. The minimum absolute atomic E-state index is 0.873. The van der Waals surface area contributed by atoms with Gasteiger partial charge in [-0.15, -0.1) is 0 Å². The Morgan fingerprint density at radius 2 is 1.45 bits per heavy atom. The molecule has 2 nitrogen and oxygen atoms in total. The molecule has 1 aromatic carbocycles. The van der Waals surface area contributed by atoms with Gasteiger partial charge in [0.25, 0.3) is 0 Å². The zero-order valence-electron chi connectivity index (χ0n) is 14.6. The smallest absolute Gasteiger partial charge is 0.0234 e. The van der Waals surface area contributed by atoms with E-state index in [1.165, 1.54) is 70.4 Å². The summed E-state index contributed by atoms with van der Waals surface area (Å²) in [6.45, 7) is 12.0. The third kappa shape index (κ3) is 6.93. The molecule has 0 bridgehead atoms. The number of hydrogen-bond donors (Lipinski definition) is 0. The first kappa shape index (κ1) is 17.5. The standard InChI is InChI=1S/C20H34N2/c1-19(2)10-6-3-4-9-13-21-14-16-22(17-15-21)18-20-11-7-5-8-12-20/h5,7-8,11-12,19H,3-4,6,9-10,13-18H2,1-2H3. The van der Waals surface area contributed by atoms with Crippen molar-refractivity contribution in [2.75, 3.05) is 32.7 Å². The van der Waals surface area contributed by atoms with Gasteiger partial charge in [0, 0.05) is 32.7 Å². The van der Waals surface area contributed by atoms with Gasteiger partial charge in [-0.3, -0.25) is 4.90 Å². The van der Waals surface area contributed by atoms with Gasteiger partial charge in [-0.05, 0) is 24.4 Å². The van der Waals surface area contributed by atoms with Gasteiger partial charge in [-0.1, -0.05) is 69.9 Å². The molecule has 0 radical (unpaired) electrons. The molecule has 1 saturated heterocycles. The molecule has 1 fully saturated rings. The van der Waals surface area contributed by atoms with E-state index in [1.807, 2.05) is 0 Å². The summed E-state index contributed by atoms with van der Waals surface area (Å²) in [5.74, 6) is 0.873. The van der Waals surface area contributed by atoms with Gasteiger partial charge < -0.3 is 4.90 Å². The molecular formula is C20H34N2. The van der Waals surface area contributed by atoms with Gasteiger partial charge in [-0.25, -0.2) is 0 Å². The molecule has 0 unspecified atom stereocenters. The number of hydrogen-bond acceptors (Lipinski definition) is 2. The highest BCUT2D eigenvalue weighted by atomic mass is 15.3. The zero-order valence-corrected chi connectivity index (χ0v) is 14.6. The average molecular weight is 303 g/mol. The topological polar surface area (TPSA) is 6.48 Å². The van der Waals surface area contributed by atoms with Crippen molar-refractivity contribution in [3.63, 3.8) is 0 Å². The SMILES string of the molecule is CC(C)CCCCCCN1CCN(Cc2ccccc2)CC1. The normalized spacial score (nSPS) is 17.2. The summed E-state index contributed by atoms with van der Waals surface area (Å²) >= 11 is 0. The van der Waals surface area contributed by atoms with E-state index in [4.69, 9.17) is 0 Å². The van der Waals surface area contributed by atoms with Crippen molar-refractivity contribution in [3.8, 4) is 0 Å². The van der Waals surface area contributed by atoms with Gasteiger partial charge in [-0.2, -0.15) is 0 Å². The van der Waals surface area contributed by atoms with E-state index in [0.717, 1.165) is 12.5 Å². The molecule has 1 heterocycles. The van der Waals surface area contributed by atoms with Crippen molar-refractivity contribution in [2.45, 2.75) is 52.5 Å². The highest BCUT2D eigenvalue weighted by molar-refractivity contribution is 5.14. The maximum absolute atomic E-state index is 2.66. The van der Waals surface area contributed by atoms with Crippen LogP contribution in [0.2, 0.25) is 0 Å². The van der Waals surface area contributed by atoms with Crippen molar-refractivity contribution < 1.29 is 0 Å². The van der Waals surface area contributed by atoms with Crippen LogP contribution in [0.25, 0.3) is 0 Å². The second kappa shape index (κ2) is 10.0. The summed E-state index contributed by atoms with van der Waals surface area (Å²) in [5.41, 5.74) is 1.45. The maximum atomic E-state index is 2.66. The van der Waals surface area contributed by atoms with Crippen LogP contribution in [-0.2, 0) is 6.54 Å². The molecule has 2 heteroatoms. The summed E-state index contributed by atoms with van der Waals surface area (Å²) in [6, 6.07) is 10.9. The van der Waals surface area contributed by atoms with Gasteiger partial charge in [0.2, 0.25) is 0 Å². The fraction of sp³-hybridized carbons (Fsp3) is 0.700. The predicted octanol–water partition coefficient (Wildman–Crippen LogP) is 4.41. The van der Waals surface area contributed by atoms with Crippen LogP contribution in [0.5, 0.6) is 0 Å². The van der Waals surface area contributed by atoms with E-state index in [9.17, 15) is 0 Å². The lowest BCUT2D eigenvalue weighted by Gasteiger charge is -2.34. The molecule has 0 spiro atoms. The Bertz CT molecular complexity index is 380. The Hall–Kier alpha value is -0.860. The Kier molecular flexibility index (Phi) is 7.96. The van der Waals surface area contributed by atoms with E-state index in [2.05, 4.69) is 54.0 Å². The second-order valence-corrected chi connectivity index (χ2v) is 7.20. The zero-order chi connectivity index (χ0) is 15.6. The van der Waals surface area contributed by atoms with Crippen molar-refractivity contribution in [2.24, 2.45) is 5.92 Å². The highest BCUT2D eigenvalue weighted by Gasteiger charge is 2.16. The first-order valence-corrected chi connectivity index (χ1v) is 9.22. The molecule has 0 aromatic heterocycles. The molecule has 22 heavy (non-hydrogen) atoms. The van der Waals surface area contributed by atoms with Crippen LogP contribution in [0.15, 0.2) is 30.3 Å². The molecule has 0 atom stereocenters. The van der Waals surface area contributed by atoms with Gasteiger partial charge in [0.05, 0.1) is 0 Å². The van der Waals surface area contributed by atoms with Crippen LogP contribution in [0, 0.1) is 5.92 Å². The van der Waals surface area contributed by atoms with Gasteiger partial charge >= 0.3 is 0 Å². The minimum atomic E-state index is 0.873. The third-order valence-corrected chi connectivity index (χ3v) is 4.72. The van der Waals surface area contributed by atoms with Crippen LogP contribution >= 0.6 is 0 Å². The van der Waals surface area contributed by atoms with E-state index >= 15 is 0 Å². The average Bonchev–Trinajstić information content (AvgIpc) is 2.53. The van der Waals surface area contributed by atoms with Crippen molar-refractivity contribution in [1.29, 1.82) is 0 Å². The number of benzene rings is 1. The quantitative estimate of drug-likeness (QED) is 0.623. The molecule has 0 aliphatic carbocycles. The fourth-order valence-electron chi connectivity index (χ4n) is 3.25. The fourth-order valence-corrected chi connectivity index (χ4v) is 3.25. The van der Waals surface area contributed by atoms with Crippen molar-refractivity contribution in [3.05, 3.63) is 35.9 Å².